The Bertz CT molecular complexity index is 980. The van der Waals surface area contributed by atoms with Crippen molar-refractivity contribution in [3.8, 4) is 5.75 Å². The number of nitrogens with one attached hydrogen (secondary N) is 1. The summed E-state index contributed by atoms with van der Waals surface area (Å²) in [6.45, 7) is 2.52. The fourth-order valence-corrected chi connectivity index (χ4v) is 4.33. The number of hydrogen-bond acceptors (Lipinski definition) is 3. The lowest BCUT2D eigenvalue weighted by Crippen LogP contribution is -2.39. The largest absolute Gasteiger partial charge is 0.481 e. The van der Waals surface area contributed by atoms with E-state index < -0.39 is 6.10 Å². The van der Waals surface area contributed by atoms with Crippen LogP contribution in [0.2, 0.25) is 10.0 Å². The average molecular weight is 448 g/mol. The number of carbonyl (C=O) groups excluding carboxylic acids is 1. The monoisotopic (exact) mass is 447 g/mol. The first kappa shape index (κ1) is 21.8. The first-order valence-corrected chi connectivity index (χ1v) is 11.4. The summed E-state index contributed by atoms with van der Waals surface area (Å²) in [5, 5.41) is 6.51. The van der Waals surface area contributed by atoms with Crippen LogP contribution in [0.4, 0.5) is 0 Å². The van der Waals surface area contributed by atoms with Crippen LogP contribution in [0.1, 0.15) is 18.9 Å². The number of amides is 1. The highest BCUT2D eigenvalue weighted by atomic mass is 35.5. The van der Waals surface area contributed by atoms with Gasteiger partial charge in [-0.05, 0) is 47.0 Å². The van der Waals surface area contributed by atoms with Crippen molar-refractivity contribution >= 4 is 51.6 Å². The molecular weight excluding hydrogens is 425 g/mol. The third-order valence-corrected chi connectivity index (χ3v) is 6.08. The van der Waals surface area contributed by atoms with E-state index in [0.29, 0.717) is 28.8 Å². The molecule has 0 aliphatic heterocycles. The molecule has 0 bridgehead atoms. The summed E-state index contributed by atoms with van der Waals surface area (Å²) in [4.78, 5) is 12.5. The predicted octanol–water partition coefficient (Wildman–Crippen LogP) is 6.35. The molecule has 0 unspecified atom stereocenters. The molecule has 1 amide bonds. The Labute approximate surface area is 185 Å². The van der Waals surface area contributed by atoms with Crippen LogP contribution in [0.15, 0.2) is 60.7 Å². The van der Waals surface area contributed by atoms with E-state index in [1.54, 1.807) is 17.8 Å². The van der Waals surface area contributed by atoms with E-state index in [-0.39, 0.29) is 5.91 Å². The van der Waals surface area contributed by atoms with Gasteiger partial charge in [0.15, 0.2) is 6.10 Å². The minimum absolute atomic E-state index is 0.0919. The normalized spacial score (nSPS) is 12.0. The Hall–Kier alpha value is -1.88. The van der Waals surface area contributed by atoms with Gasteiger partial charge in [-0.25, -0.2) is 0 Å². The van der Waals surface area contributed by atoms with Gasteiger partial charge in [0.1, 0.15) is 5.75 Å². The van der Waals surface area contributed by atoms with Crippen LogP contribution >= 0.6 is 35.0 Å². The number of carbonyl (C=O) groups is 1. The summed E-state index contributed by atoms with van der Waals surface area (Å²) in [6.07, 6.45) is 0.0958. The zero-order valence-corrected chi connectivity index (χ0v) is 18.5. The molecule has 0 aliphatic rings. The zero-order chi connectivity index (χ0) is 20.6. The molecule has 0 spiro atoms. The van der Waals surface area contributed by atoms with Crippen molar-refractivity contribution in [2.45, 2.75) is 25.2 Å². The Morgan fingerprint density at radius 2 is 1.86 bits per heavy atom. The highest BCUT2D eigenvalue weighted by Gasteiger charge is 2.18. The number of hydrogen-bond donors (Lipinski definition) is 1. The lowest BCUT2D eigenvalue weighted by molar-refractivity contribution is -0.127. The van der Waals surface area contributed by atoms with Gasteiger partial charge >= 0.3 is 0 Å². The Morgan fingerprint density at radius 3 is 2.62 bits per heavy atom. The summed E-state index contributed by atoms with van der Waals surface area (Å²) in [6, 6.07) is 19.5. The summed E-state index contributed by atoms with van der Waals surface area (Å²) in [7, 11) is 0. The van der Waals surface area contributed by atoms with Crippen molar-refractivity contribution < 1.29 is 9.53 Å². The van der Waals surface area contributed by atoms with Gasteiger partial charge in [0.2, 0.25) is 0 Å². The standard InChI is InChI=1S/C23H23Cl2NO2S/c1-2-22(28-20-10-8-16-5-3-4-6-17(16)13-20)23(27)26-11-12-29-15-18-7-9-19(24)14-21(18)25/h3-10,13-14,22H,2,11-12,15H2,1H3,(H,26,27)/t22-/m0/s1. The number of benzene rings is 3. The van der Waals surface area contributed by atoms with Crippen LogP contribution in [-0.4, -0.2) is 24.3 Å². The molecule has 3 aromatic rings. The van der Waals surface area contributed by atoms with Gasteiger partial charge in [-0.2, -0.15) is 11.8 Å². The molecule has 0 aliphatic carbocycles. The van der Waals surface area contributed by atoms with E-state index in [4.69, 9.17) is 27.9 Å². The third-order valence-electron chi connectivity index (χ3n) is 4.48. The van der Waals surface area contributed by atoms with Crippen LogP contribution in [0.25, 0.3) is 10.8 Å². The van der Waals surface area contributed by atoms with Crippen molar-refractivity contribution in [1.82, 2.24) is 5.32 Å². The highest BCUT2D eigenvalue weighted by Crippen LogP contribution is 2.25. The number of rotatable bonds is 9. The van der Waals surface area contributed by atoms with E-state index in [0.717, 1.165) is 27.8 Å². The van der Waals surface area contributed by atoms with Gasteiger partial charge in [0, 0.05) is 28.1 Å². The number of fused-ring (bicyclic) bond motifs is 1. The number of halogens is 2. The molecule has 0 fully saturated rings. The van der Waals surface area contributed by atoms with Crippen molar-refractivity contribution in [3.63, 3.8) is 0 Å². The lowest BCUT2D eigenvalue weighted by atomic mass is 10.1. The van der Waals surface area contributed by atoms with Gasteiger partial charge < -0.3 is 10.1 Å². The Morgan fingerprint density at radius 1 is 1.07 bits per heavy atom. The molecule has 0 saturated heterocycles. The van der Waals surface area contributed by atoms with Crippen LogP contribution in [-0.2, 0) is 10.5 Å². The van der Waals surface area contributed by atoms with Crippen LogP contribution in [0.5, 0.6) is 5.75 Å². The van der Waals surface area contributed by atoms with Crippen LogP contribution in [0.3, 0.4) is 0 Å². The molecule has 3 rings (SSSR count). The molecular formula is C23H23Cl2NO2S. The summed E-state index contributed by atoms with van der Waals surface area (Å²) < 4.78 is 5.94. The zero-order valence-electron chi connectivity index (χ0n) is 16.2. The van der Waals surface area contributed by atoms with E-state index in [1.807, 2.05) is 55.5 Å². The fourth-order valence-electron chi connectivity index (χ4n) is 2.91. The third kappa shape index (κ3) is 6.30. The first-order chi connectivity index (χ1) is 14.1. The van der Waals surface area contributed by atoms with Crippen molar-refractivity contribution in [2.75, 3.05) is 12.3 Å². The molecule has 0 saturated carbocycles. The minimum Gasteiger partial charge on any atom is -0.481 e. The highest BCUT2D eigenvalue weighted by molar-refractivity contribution is 7.98. The van der Waals surface area contributed by atoms with E-state index in [1.165, 1.54) is 0 Å². The SMILES string of the molecule is CC[C@H](Oc1ccc2ccccc2c1)C(=O)NCCSCc1ccc(Cl)cc1Cl. The molecule has 0 heterocycles. The molecule has 0 aromatic heterocycles. The molecule has 3 aromatic carbocycles. The molecule has 152 valence electrons. The van der Waals surface area contributed by atoms with Crippen LogP contribution in [0, 0.1) is 0 Å². The van der Waals surface area contributed by atoms with Gasteiger partial charge in [0.25, 0.3) is 5.91 Å². The molecule has 1 N–H and O–H groups in total. The second-order valence-electron chi connectivity index (χ2n) is 6.60. The summed E-state index contributed by atoms with van der Waals surface area (Å²) in [5.41, 5.74) is 1.04. The summed E-state index contributed by atoms with van der Waals surface area (Å²) >= 11 is 13.8. The quantitative estimate of drug-likeness (QED) is 0.388. The predicted molar refractivity (Wildman–Crippen MR) is 124 cm³/mol. The maximum Gasteiger partial charge on any atom is 0.261 e. The van der Waals surface area contributed by atoms with Gasteiger partial charge in [-0.1, -0.05) is 66.5 Å². The maximum atomic E-state index is 12.5. The molecule has 6 heteroatoms. The Balaban J connectivity index is 1.45. The van der Waals surface area contributed by atoms with E-state index in [2.05, 4.69) is 11.4 Å². The molecule has 29 heavy (non-hydrogen) atoms. The number of thioether (sulfide) groups is 1. The molecule has 1 atom stereocenters. The van der Waals surface area contributed by atoms with E-state index in [9.17, 15) is 4.79 Å². The van der Waals surface area contributed by atoms with Crippen molar-refractivity contribution in [3.05, 3.63) is 76.3 Å². The fraction of sp³-hybridized carbons (Fsp3) is 0.261. The smallest absolute Gasteiger partial charge is 0.261 e. The topological polar surface area (TPSA) is 38.3 Å². The van der Waals surface area contributed by atoms with Crippen molar-refractivity contribution in [2.24, 2.45) is 0 Å². The average Bonchev–Trinajstić information content (AvgIpc) is 2.72. The Kier molecular flexibility index (Phi) is 8.10. The van der Waals surface area contributed by atoms with Crippen molar-refractivity contribution in [1.29, 1.82) is 0 Å². The maximum absolute atomic E-state index is 12.5. The number of ether oxygens (including phenoxy) is 1. The van der Waals surface area contributed by atoms with Gasteiger partial charge in [-0.3, -0.25) is 4.79 Å². The second-order valence-corrected chi connectivity index (χ2v) is 8.55. The van der Waals surface area contributed by atoms with Gasteiger partial charge in [0.05, 0.1) is 0 Å². The molecule has 3 nitrogen and oxygen atoms in total. The summed E-state index contributed by atoms with van der Waals surface area (Å²) in [5.74, 6) is 2.18. The molecule has 0 radical (unpaired) electrons. The van der Waals surface area contributed by atoms with E-state index >= 15 is 0 Å². The second kappa shape index (κ2) is 10.8. The van der Waals surface area contributed by atoms with Crippen LogP contribution < -0.4 is 10.1 Å². The van der Waals surface area contributed by atoms with Gasteiger partial charge in [-0.15, -0.1) is 0 Å². The lowest BCUT2D eigenvalue weighted by Gasteiger charge is -2.17. The minimum atomic E-state index is -0.508. The first-order valence-electron chi connectivity index (χ1n) is 9.51.